The van der Waals surface area contributed by atoms with E-state index in [1.165, 1.54) is 5.56 Å². The summed E-state index contributed by atoms with van der Waals surface area (Å²) in [7, 11) is 8.25. The Morgan fingerprint density at radius 1 is 0.646 bits per heavy atom. The molecule has 0 radical (unpaired) electrons. The molecular weight excluding hydrogens is 592 g/mol. The van der Waals surface area contributed by atoms with E-state index < -0.39 is 11.0 Å². The van der Waals surface area contributed by atoms with E-state index >= 15 is 0 Å². The van der Waals surface area contributed by atoms with E-state index in [-0.39, 0.29) is 17.7 Å². The Kier molecular flexibility index (Phi) is 14.8. The van der Waals surface area contributed by atoms with Gasteiger partial charge < -0.3 is 14.5 Å². The van der Waals surface area contributed by atoms with Crippen LogP contribution < -0.4 is 0 Å². The molecule has 0 amide bonds. The monoisotopic (exact) mass is 648 g/mol. The molecule has 0 bridgehead atoms. The summed E-state index contributed by atoms with van der Waals surface area (Å²) in [6.45, 7) is 8.99. The number of carbonyl (C=O) groups excluding carboxylic acids is 2. The molecule has 0 aliphatic heterocycles. The van der Waals surface area contributed by atoms with Crippen molar-refractivity contribution < 1.29 is 14.3 Å². The van der Waals surface area contributed by atoms with Gasteiger partial charge in [-0.25, -0.2) is 0 Å². The number of hydrogen-bond donors (Lipinski definition) is 0. The van der Waals surface area contributed by atoms with Gasteiger partial charge in [-0.1, -0.05) is 142 Å². The first-order chi connectivity index (χ1) is 23.0. The standard InChI is InChI=1S/C22H29NO2.C21H27NO/c1-5-21(24)25-22(18(2)17-23(3)4,20-14-10-7-11-15-20)16-19-12-8-6-9-13-19;1-5-20(23)21(16-17(2)22(3)4,18-12-8-6-9-13-18)19-14-10-7-11-15-19/h6-15,18H,5,16-17H2,1-4H3;6-15,17H,5,16H2,1-4H3/t18-,22+;/m1./s1. The van der Waals surface area contributed by atoms with Crippen molar-refractivity contribution in [1.29, 1.82) is 0 Å². The topological polar surface area (TPSA) is 49.9 Å². The van der Waals surface area contributed by atoms with Crippen LogP contribution in [0, 0.1) is 5.92 Å². The van der Waals surface area contributed by atoms with Crippen LogP contribution in [0.2, 0.25) is 0 Å². The van der Waals surface area contributed by atoms with Crippen LogP contribution in [0.4, 0.5) is 0 Å². The maximum absolute atomic E-state index is 13.2. The van der Waals surface area contributed by atoms with Gasteiger partial charge >= 0.3 is 5.97 Å². The number of carbonyl (C=O) groups is 2. The third kappa shape index (κ3) is 9.74. The van der Waals surface area contributed by atoms with E-state index in [4.69, 9.17) is 4.74 Å². The third-order valence-electron chi connectivity index (χ3n) is 9.41. The van der Waals surface area contributed by atoms with E-state index in [9.17, 15) is 9.59 Å². The average Bonchev–Trinajstić information content (AvgIpc) is 3.11. The van der Waals surface area contributed by atoms with Gasteiger partial charge in [-0.3, -0.25) is 9.59 Å². The smallest absolute Gasteiger partial charge is 0.306 e. The highest BCUT2D eigenvalue weighted by molar-refractivity contribution is 5.93. The number of ketones is 1. The van der Waals surface area contributed by atoms with Crippen molar-refractivity contribution in [3.8, 4) is 0 Å². The summed E-state index contributed by atoms with van der Waals surface area (Å²) in [5, 5.41) is 0. The molecule has 0 aromatic heterocycles. The summed E-state index contributed by atoms with van der Waals surface area (Å²) in [4.78, 5) is 29.8. The molecule has 4 aromatic rings. The highest BCUT2D eigenvalue weighted by Gasteiger charge is 2.43. The van der Waals surface area contributed by atoms with E-state index in [2.05, 4.69) is 100 Å². The van der Waals surface area contributed by atoms with E-state index in [1.807, 2.05) is 86.6 Å². The van der Waals surface area contributed by atoms with Crippen molar-refractivity contribution in [2.75, 3.05) is 34.7 Å². The van der Waals surface area contributed by atoms with Gasteiger partial charge in [-0.05, 0) is 63.8 Å². The summed E-state index contributed by atoms with van der Waals surface area (Å²) < 4.78 is 6.17. The molecule has 256 valence electrons. The lowest BCUT2D eigenvalue weighted by atomic mass is 9.67. The van der Waals surface area contributed by atoms with Gasteiger partial charge in [0, 0.05) is 37.8 Å². The summed E-state index contributed by atoms with van der Waals surface area (Å²) in [6, 6.07) is 41.2. The molecule has 5 heteroatoms. The van der Waals surface area contributed by atoms with Crippen LogP contribution in [-0.4, -0.2) is 62.3 Å². The first-order valence-corrected chi connectivity index (χ1v) is 17.3. The molecule has 4 rings (SSSR count). The minimum absolute atomic E-state index is 0.139. The first-order valence-electron chi connectivity index (χ1n) is 17.3. The van der Waals surface area contributed by atoms with Gasteiger partial charge in [0.2, 0.25) is 0 Å². The lowest BCUT2D eigenvalue weighted by molar-refractivity contribution is -0.168. The molecule has 0 saturated heterocycles. The number of nitrogens with zero attached hydrogens (tertiary/aromatic N) is 2. The number of benzene rings is 4. The Bertz CT molecular complexity index is 1470. The lowest BCUT2D eigenvalue weighted by Gasteiger charge is -2.40. The van der Waals surface area contributed by atoms with Crippen LogP contribution in [-0.2, 0) is 31.8 Å². The van der Waals surface area contributed by atoms with Crippen molar-refractivity contribution in [1.82, 2.24) is 9.80 Å². The summed E-state index contributed by atoms with van der Waals surface area (Å²) in [5.41, 5.74) is 3.13. The third-order valence-corrected chi connectivity index (χ3v) is 9.41. The quantitative estimate of drug-likeness (QED) is 0.121. The van der Waals surface area contributed by atoms with Crippen molar-refractivity contribution in [3.63, 3.8) is 0 Å². The van der Waals surface area contributed by atoms with E-state index in [0.717, 1.165) is 29.7 Å². The van der Waals surface area contributed by atoms with Gasteiger partial charge in [0.05, 0.1) is 5.41 Å². The van der Waals surface area contributed by atoms with Gasteiger partial charge in [0.15, 0.2) is 0 Å². The first kappa shape index (κ1) is 38.4. The fourth-order valence-electron chi connectivity index (χ4n) is 6.56. The second kappa shape index (κ2) is 18.5. The zero-order chi connectivity index (χ0) is 35.2. The highest BCUT2D eigenvalue weighted by atomic mass is 16.6. The van der Waals surface area contributed by atoms with Crippen molar-refractivity contribution in [2.24, 2.45) is 5.92 Å². The van der Waals surface area contributed by atoms with E-state index in [0.29, 0.717) is 25.3 Å². The van der Waals surface area contributed by atoms with Crippen LogP contribution in [0.5, 0.6) is 0 Å². The molecular formula is C43H56N2O3. The van der Waals surface area contributed by atoms with Crippen LogP contribution in [0.3, 0.4) is 0 Å². The predicted molar refractivity (Wildman–Crippen MR) is 199 cm³/mol. The second-order valence-electron chi connectivity index (χ2n) is 13.3. The Morgan fingerprint density at radius 2 is 1.08 bits per heavy atom. The fraction of sp³-hybridized carbons (Fsp3) is 0.395. The summed E-state index contributed by atoms with van der Waals surface area (Å²) in [5.74, 6) is 0.259. The minimum atomic E-state index is -0.681. The Hall–Kier alpha value is -4.06. The summed E-state index contributed by atoms with van der Waals surface area (Å²) in [6.07, 6.45) is 2.35. The molecule has 0 fully saturated rings. The number of rotatable bonds is 15. The normalized spacial score (nSPS) is 14.0. The van der Waals surface area contributed by atoms with Gasteiger partial charge in [-0.15, -0.1) is 0 Å². The molecule has 0 saturated carbocycles. The summed E-state index contributed by atoms with van der Waals surface area (Å²) >= 11 is 0. The highest BCUT2D eigenvalue weighted by Crippen LogP contribution is 2.40. The molecule has 3 atom stereocenters. The molecule has 0 N–H and O–H groups in total. The molecule has 1 unspecified atom stereocenters. The maximum atomic E-state index is 13.2. The number of Topliss-reactive ketones (excluding diaryl/α,β-unsaturated/α-hetero) is 1. The fourth-order valence-corrected chi connectivity index (χ4v) is 6.56. The van der Waals surface area contributed by atoms with Crippen molar-refractivity contribution in [2.45, 2.75) is 70.4 Å². The zero-order valence-corrected chi connectivity index (χ0v) is 30.4. The molecule has 0 aliphatic carbocycles. The minimum Gasteiger partial charge on any atom is -0.453 e. The molecule has 5 nitrogen and oxygen atoms in total. The number of ether oxygens (including phenoxy) is 1. The SMILES string of the molecule is CCC(=O)C(CC(C)N(C)C)(c1ccccc1)c1ccccc1.CCC(=O)O[C@](Cc1ccccc1)(c1ccccc1)[C@H](C)CN(C)C. The molecule has 0 heterocycles. The molecule has 4 aromatic carbocycles. The van der Waals surface area contributed by atoms with Crippen LogP contribution in [0.25, 0.3) is 0 Å². The zero-order valence-electron chi connectivity index (χ0n) is 30.4. The van der Waals surface area contributed by atoms with Gasteiger partial charge in [0.1, 0.15) is 11.4 Å². The van der Waals surface area contributed by atoms with Gasteiger partial charge in [-0.2, -0.15) is 0 Å². The number of hydrogen-bond acceptors (Lipinski definition) is 5. The van der Waals surface area contributed by atoms with Crippen LogP contribution in [0.1, 0.15) is 69.2 Å². The van der Waals surface area contributed by atoms with Gasteiger partial charge in [0.25, 0.3) is 0 Å². The molecule has 0 spiro atoms. The predicted octanol–water partition coefficient (Wildman–Crippen LogP) is 8.57. The van der Waals surface area contributed by atoms with Crippen LogP contribution >= 0.6 is 0 Å². The lowest BCUT2D eigenvalue weighted by Crippen LogP contribution is -2.44. The Balaban J connectivity index is 0.000000261. The second-order valence-corrected chi connectivity index (χ2v) is 13.3. The maximum Gasteiger partial charge on any atom is 0.306 e. The van der Waals surface area contributed by atoms with E-state index in [1.54, 1.807) is 0 Å². The molecule has 48 heavy (non-hydrogen) atoms. The average molecular weight is 649 g/mol. The van der Waals surface area contributed by atoms with Crippen LogP contribution in [0.15, 0.2) is 121 Å². The van der Waals surface area contributed by atoms with Crippen molar-refractivity contribution >= 4 is 11.8 Å². The number of esters is 1. The molecule has 0 aliphatic rings. The Morgan fingerprint density at radius 3 is 1.48 bits per heavy atom. The Labute approximate surface area is 289 Å². The largest absolute Gasteiger partial charge is 0.453 e. The van der Waals surface area contributed by atoms with Crippen molar-refractivity contribution in [3.05, 3.63) is 144 Å².